The van der Waals surface area contributed by atoms with Gasteiger partial charge in [0.15, 0.2) is 0 Å². The number of hydrogen-bond acceptors (Lipinski definition) is 5. The van der Waals surface area contributed by atoms with Crippen LogP contribution in [0, 0.1) is 33.8 Å². The first-order chi connectivity index (χ1) is 17.2. The van der Waals surface area contributed by atoms with Gasteiger partial charge in [-0.25, -0.2) is 14.1 Å². The minimum absolute atomic E-state index is 0.200. The normalized spacial score (nSPS) is 41.9. The number of nitrogens with zero attached hydrogens (tertiary/aromatic N) is 2. The Morgan fingerprint density at radius 3 is 2.72 bits per heavy atom. The molecule has 4 fully saturated rings. The van der Waals surface area contributed by atoms with Gasteiger partial charge in [0.05, 0.1) is 11.9 Å². The molecule has 0 bridgehead atoms. The molecule has 4 aliphatic rings. The molecule has 2 aromatic rings. The summed E-state index contributed by atoms with van der Waals surface area (Å²) in [6.45, 7) is 5.98. The third-order valence-corrected chi connectivity index (χ3v) is 11.6. The monoisotopic (exact) mass is 495 g/mol. The number of rotatable bonds is 4. The van der Waals surface area contributed by atoms with Crippen molar-refractivity contribution in [3.05, 3.63) is 57.8 Å². The summed E-state index contributed by atoms with van der Waals surface area (Å²) in [6, 6.07) is 3.42. The Kier molecular flexibility index (Phi) is 5.69. The van der Waals surface area contributed by atoms with E-state index in [9.17, 15) is 15.1 Å². The molecule has 0 aromatic carbocycles. The molecule has 4 saturated carbocycles. The van der Waals surface area contributed by atoms with Crippen LogP contribution in [-0.4, -0.2) is 21.8 Å². The molecule has 0 saturated heterocycles. The maximum Gasteiger partial charge on any atom is 0.335 e. The summed E-state index contributed by atoms with van der Waals surface area (Å²) < 4.78 is 8.22. The number of aliphatic hydroxyl groups is 1. The molecule has 0 amide bonds. The third kappa shape index (κ3) is 3.38. The average molecular weight is 496 g/mol. The van der Waals surface area contributed by atoms with Crippen molar-refractivity contribution in [1.82, 2.24) is 4.57 Å². The topological polar surface area (TPSA) is 108 Å². The lowest BCUT2D eigenvalue weighted by molar-refractivity contribution is -0.615. The smallest absolute Gasteiger partial charge is 0.335 e. The van der Waals surface area contributed by atoms with Gasteiger partial charge in [-0.3, -0.25) is 0 Å². The molecule has 8 atom stereocenters. The quantitative estimate of drug-likeness (QED) is 0.491. The van der Waals surface area contributed by atoms with Crippen LogP contribution in [-0.2, 0) is 6.54 Å². The standard InChI is InChI=1S/C29H41N3O4/c1-27-10-7-19(25-16-31(14-13-30)18-32(25)35)15-21(27)4-5-24-23(27)8-11-28(2)22(9-12-29(24,28)34)20-3-6-26(33)36-17-20/h3,6,16-19,21-24,34H,4-5,7-15,30H2,1-2H3/t19-,21+,22+,23-,24+,27-,28+,29-/m0/s1. The van der Waals surface area contributed by atoms with Gasteiger partial charge in [-0.2, -0.15) is 0 Å². The van der Waals surface area contributed by atoms with Crippen molar-refractivity contribution in [3.63, 3.8) is 0 Å². The molecule has 4 aliphatic carbocycles. The molecule has 2 aromatic heterocycles. The van der Waals surface area contributed by atoms with Gasteiger partial charge in [0.2, 0.25) is 6.33 Å². The largest absolute Gasteiger partial charge is 0.711 e. The first-order valence-corrected chi connectivity index (χ1v) is 14.0. The minimum Gasteiger partial charge on any atom is -0.711 e. The van der Waals surface area contributed by atoms with Gasteiger partial charge in [-0.1, -0.05) is 13.8 Å². The lowest BCUT2D eigenvalue weighted by atomic mass is 9.42. The zero-order chi connectivity index (χ0) is 25.3. The van der Waals surface area contributed by atoms with E-state index >= 15 is 0 Å². The predicted octanol–water partition coefficient (Wildman–Crippen LogP) is 4.06. The van der Waals surface area contributed by atoms with E-state index in [1.165, 1.54) is 6.07 Å². The van der Waals surface area contributed by atoms with E-state index in [2.05, 4.69) is 13.8 Å². The van der Waals surface area contributed by atoms with Gasteiger partial charge in [0, 0.05) is 23.9 Å². The van der Waals surface area contributed by atoms with Gasteiger partial charge in [0.1, 0.15) is 18.4 Å². The van der Waals surface area contributed by atoms with Gasteiger partial charge in [0.25, 0.3) is 0 Å². The van der Waals surface area contributed by atoms with Crippen LogP contribution in [0.25, 0.3) is 0 Å². The Morgan fingerprint density at radius 1 is 1.14 bits per heavy atom. The molecule has 3 N–H and O–H groups in total. The molecule has 0 radical (unpaired) electrons. The van der Waals surface area contributed by atoms with Crippen molar-refractivity contribution in [2.24, 2.45) is 34.3 Å². The van der Waals surface area contributed by atoms with Crippen LogP contribution < -0.4 is 16.1 Å². The molecular formula is C29H41N3O4. The summed E-state index contributed by atoms with van der Waals surface area (Å²) >= 11 is 0. The van der Waals surface area contributed by atoms with Crippen LogP contribution in [0.2, 0.25) is 0 Å². The summed E-state index contributed by atoms with van der Waals surface area (Å²) in [7, 11) is 0. The highest BCUT2D eigenvalue weighted by atomic mass is 16.5. The lowest BCUT2D eigenvalue weighted by Crippen LogP contribution is -2.61. The van der Waals surface area contributed by atoms with E-state index in [0.717, 1.165) is 73.8 Å². The maximum atomic E-state index is 12.6. The van der Waals surface area contributed by atoms with Gasteiger partial charge >= 0.3 is 5.63 Å². The Bertz CT molecular complexity index is 1170. The Hall–Kier alpha value is -2.12. The number of aromatic nitrogens is 2. The average Bonchev–Trinajstić information content (AvgIpc) is 3.35. The zero-order valence-corrected chi connectivity index (χ0v) is 21.7. The summed E-state index contributed by atoms with van der Waals surface area (Å²) in [6.07, 6.45) is 14.6. The number of imidazole rings is 1. The fourth-order valence-corrected chi connectivity index (χ4v) is 9.61. The lowest BCUT2D eigenvalue weighted by Gasteiger charge is -2.63. The first kappa shape index (κ1) is 24.2. The fraction of sp³-hybridized carbons (Fsp3) is 0.724. The van der Waals surface area contributed by atoms with Crippen molar-refractivity contribution in [3.8, 4) is 0 Å². The highest BCUT2D eigenvalue weighted by Gasteiger charge is 2.67. The van der Waals surface area contributed by atoms with Crippen LogP contribution in [0.3, 0.4) is 0 Å². The fourth-order valence-electron chi connectivity index (χ4n) is 9.61. The summed E-state index contributed by atoms with van der Waals surface area (Å²) in [5.41, 5.74) is 6.66. The van der Waals surface area contributed by atoms with Crippen LogP contribution in [0.15, 0.2) is 40.1 Å². The van der Waals surface area contributed by atoms with Gasteiger partial charge in [-0.05, 0) is 98.5 Å². The SMILES string of the molecule is C[C@]12CC[C@H](c3cn(CCN)c[n+]3[O-])C[C@H]1CC[C@@H]1[C@@H]2CC[C@]2(C)[C@@H](c3ccc(=O)oc3)CC[C@]12O. The summed E-state index contributed by atoms with van der Waals surface area (Å²) in [5, 5.41) is 25.1. The molecule has 0 unspecified atom stereocenters. The van der Waals surface area contributed by atoms with E-state index in [1.54, 1.807) is 12.6 Å². The highest BCUT2D eigenvalue weighted by Crippen LogP contribution is 2.71. The Morgan fingerprint density at radius 2 is 1.97 bits per heavy atom. The van der Waals surface area contributed by atoms with Crippen LogP contribution in [0.4, 0.5) is 0 Å². The van der Waals surface area contributed by atoms with Crippen molar-refractivity contribution in [1.29, 1.82) is 0 Å². The molecule has 7 heteroatoms. The van der Waals surface area contributed by atoms with E-state index in [4.69, 9.17) is 10.2 Å². The highest BCUT2D eigenvalue weighted by molar-refractivity contribution is 5.27. The third-order valence-electron chi connectivity index (χ3n) is 11.6. The summed E-state index contributed by atoms with van der Waals surface area (Å²) in [4.78, 5) is 11.5. The van der Waals surface area contributed by atoms with Crippen LogP contribution in [0.5, 0.6) is 0 Å². The van der Waals surface area contributed by atoms with Crippen molar-refractivity contribution < 1.29 is 14.3 Å². The molecule has 6 rings (SSSR count). The molecule has 0 aliphatic heterocycles. The Labute approximate surface area is 213 Å². The number of hydrogen-bond donors (Lipinski definition) is 2. The van der Waals surface area contributed by atoms with Gasteiger partial charge in [-0.15, -0.1) is 0 Å². The van der Waals surface area contributed by atoms with E-state index < -0.39 is 5.60 Å². The second-order valence-corrected chi connectivity index (χ2v) is 12.8. The molecule has 36 heavy (non-hydrogen) atoms. The first-order valence-electron chi connectivity index (χ1n) is 14.0. The van der Waals surface area contributed by atoms with Crippen LogP contribution >= 0.6 is 0 Å². The van der Waals surface area contributed by atoms with E-state index in [-0.39, 0.29) is 22.4 Å². The van der Waals surface area contributed by atoms with Crippen LogP contribution in [0.1, 0.15) is 94.7 Å². The summed E-state index contributed by atoms with van der Waals surface area (Å²) in [5.74, 6) is 1.94. The molecular weight excluding hydrogens is 454 g/mol. The van der Waals surface area contributed by atoms with Crippen molar-refractivity contribution in [2.75, 3.05) is 6.54 Å². The molecule has 196 valence electrons. The Balaban J connectivity index is 1.24. The number of fused-ring (bicyclic) bond motifs is 5. The van der Waals surface area contributed by atoms with Crippen molar-refractivity contribution in [2.45, 2.75) is 95.6 Å². The molecule has 7 nitrogen and oxygen atoms in total. The maximum absolute atomic E-state index is 12.6. The minimum atomic E-state index is -0.682. The number of nitrogens with two attached hydrogens (primary N) is 1. The van der Waals surface area contributed by atoms with E-state index in [1.807, 2.05) is 16.8 Å². The second kappa shape index (κ2) is 8.45. The zero-order valence-electron chi connectivity index (χ0n) is 21.7. The molecule has 2 heterocycles. The predicted molar refractivity (Wildman–Crippen MR) is 136 cm³/mol. The van der Waals surface area contributed by atoms with E-state index in [0.29, 0.717) is 36.8 Å². The van der Waals surface area contributed by atoms with Gasteiger partial charge < -0.3 is 20.5 Å². The van der Waals surface area contributed by atoms with Crippen molar-refractivity contribution >= 4 is 0 Å². The molecule has 0 spiro atoms. The second-order valence-electron chi connectivity index (χ2n) is 12.8.